The van der Waals surface area contributed by atoms with E-state index in [2.05, 4.69) is 26.2 Å². The Morgan fingerprint density at radius 1 is 1.10 bits per heavy atom. The normalized spacial score (nSPS) is 10.2. The summed E-state index contributed by atoms with van der Waals surface area (Å²) < 4.78 is 0. The van der Waals surface area contributed by atoms with Crippen LogP contribution in [0.2, 0.25) is 5.15 Å². The maximum absolute atomic E-state index is 5.93. The Hall–Kier alpha value is -2.64. The minimum atomic E-state index is 0.389. The molecule has 1 aromatic carbocycles. The van der Waals surface area contributed by atoms with Crippen LogP contribution in [0.4, 0.5) is 11.5 Å². The van der Waals surface area contributed by atoms with Crippen molar-refractivity contribution in [1.82, 2.24) is 15.0 Å². The van der Waals surface area contributed by atoms with Crippen molar-refractivity contribution in [3.63, 3.8) is 0 Å². The van der Waals surface area contributed by atoms with Crippen LogP contribution in [0, 0.1) is 12.3 Å². The van der Waals surface area contributed by atoms with Crippen LogP contribution >= 0.6 is 11.6 Å². The first-order valence-corrected chi connectivity index (χ1v) is 6.25. The summed E-state index contributed by atoms with van der Waals surface area (Å²) >= 11 is 5.93. The molecule has 4 nitrogen and oxygen atoms in total. The van der Waals surface area contributed by atoms with Gasteiger partial charge in [0.25, 0.3) is 0 Å². The van der Waals surface area contributed by atoms with Crippen LogP contribution in [0.15, 0.2) is 42.7 Å². The zero-order chi connectivity index (χ0) is 13.9. The van der Waals surface area contributed by atoms with Gasteiger partial charge in [-0.3, -0.25) is 0 Å². The zero-order valence-corrected chi connectivity index (χ0v) is 11.1. The molecule has 2 aromatic heterocycles. The van der Waals surface area contributed by atoms with E-state index in [1.54, 1.807) is 12.1 Å². The van der Waals surface area contributed by atoms with Crippen LogP contribution in [0.5, 0.6) is 0 Å². The van der Waals surface area contributed by atoms with Gasteiger partial charge in [-0.25, -0.2) is 15.0 Å². The number of nitrogens with one attached hydrogen (secondary N) is 1. The first-order chi connectivity index (χ1) is 9.78. The van der Waals surface area contributed by atoms with Crippen LogP contribution in [0.1, 0.15) is 5.56 Å². The molecule has 0 saturated carbocycles. The van der Waals surface area contributed by atoms with Gasteiger partial charge in [-0.05, 0) is 24.3 Å². The lowest BCUT2D eigenvalue weighted by atomic mass is 10.2. The molecule has 0 aliphatic rings. The molecular weight excluding hydrogens is 272 g/mol. The molecule has 0 radical (unpaired) electrons. The van der Waals surface area contributed by atoms with E-state index in [0.29, 0.717) is 22.0 Å². The molecule has 0 atom stereocenters. The predicted molar refractivity (Wildman–Crippen MR) is 80.0 cm³/mol. The number of anilines is 2. The van der Waals surface area contributed by atoms with E-state index >= 15 is 0 Å². The van der Waals surface area contributed by atoms with E-state index in [1.807, 2.05) is 24.3 Å². The number of nitrogens with zero attached hydrogens (tertiary/aromatic N) is 3. The Morgan fingerprint density at radius 2 is 1.95 bits per heavy atom. The number of rotatable bonds is 2. The highest BCUT2D eigenvalue weighted by Gasteiger charge is 2.07. The van der Waals surface area contributed by atoms with Crippen molar-refractivity contribution in [2.75, 3.05) is 5.32 Å². The molecule has 0 aliphatic heterocycles. The molecule has 2 heterocycles. The minimum Gasteiger partial charge on any atom is -0.337 e. The molecule has 0 bridgehead atoms. The van der Waals surface area contributed by atoms with Gasteiger partial charge >= 0.3 is 0 Å². The van der Waals surface area contributed by atoms with Crippen molar-refractivity contribution in [1.29, 1.82) is 0 Å². The lowest BCUT2D eigenvalue weighted by Crippen LogP contribution is -1.99. The van der Waals surface area contributed by atoms with Gasteiger partial charge in [0, 0.05) is 5.56 Å². The third-order valence-corrected chi connectivity index (χ3v) is 2.99. The zero-order valence-electron chi connectivity index (χ0n) is 10.3. The minimum absolute atomic E-state index is 0.389. The van der Waals surface area contributed by atoms with Gasteiger partial charge in [0.2, 0.25) is 0 Å². The average molecular weight is 281 g/mol. The summed E-state index contributed by atoms with van der Waals surface area (Å²) in [5.41, 5.74) is 2.86. The SMILES string of the molecule is C#Cc1ccccc1Nc1ncnc2ccc(Cl)nc12. The van der Waals surface area contributed by atoms with Crippen molar-refractivity contribution in [3.05, 3.63) is 53.4 Å². The molecule has 5 heteroatoms. The van der Waals surface area contributed by atoms with Gasteiger partial charge in [-0.1, -0.05) is 29.7 Å². The van der Waals surface area contributed by atoms with Gasteiger partial charge < -0.3 is 5.32 Å². The van der Waals surface area contributed by atoms with Crippen LogP contribution in [0.25, 0.3) is 11.0 Å². The molecule has 20 heavy (non-hydrogen) atoms. The topological polar surface area (TPSA) is 50.7 Å². The summed E-state index contributed by atoms with van der Waals surface area (Å²) in [6.07, 6.45) is 6.95. The molecule has 0 aliphatic carbocycles. The molecule has 1 N–H and O–H groups in total. The van der Waals surface area contributed by atoms with Gasteiger partial charge in [0.1, 0.15) is 17.0 Å². The Bertz CT molecular complexity index is 823. The molecular formula is C15H9ClN4. The maximum Gasteiger partial charge on any atom is 0.160 e. The molecule has 0 spiro atoms. The summed E-state index contributed by atoms with van der Waals surface area (Å²) in [6, 6.07) is 11.0. The highest BCUT2D eigenvalue weighted by molar-refractivity contribution is 6.29. The highest BCUT2D eigenvalue weighted by atomic mass is 35.5. The van der Waals surface area contributed by atoms with E-state index in [9.17, 15) is 0 Å². The second kappa shape index (κ2) is 5.16. The molecule has 96 valence electrons. The molecule has 0 saturated heterocycles. The lowest BCUT2D eigenvalue weighted by Gasteiger charge is -2.09. The quantitative estimate of drug-likeness (QED) is 0.577. The largest absolute Gasteiger partial charge is 0.337 e. The standard InChI is InChI=1S/C15H9ClN4/c1-2-10-5-3-4-6-11(10)19-15-14-12(17-9-18-15)7-8-13(16)20-14/h1,3-9H,(H,17,18,19). The Kier molecular flexibility index (Phi) is 3.20. The third kappa shape index (κ3) is 2.27. The summed E-state index contributed by atoms with van der Waals surface area (Å²) in [6.45, 7) is 0. The molecule has 3 rings (SSSR count). The van der Waals surface area contributed by atoms with Gasteiger partial charge in [-0.2, -0.15) is 0 Å². The molecule has 3 aromatic rings. The summed E-state index contributed by atoms with van der Waals surface area (Å²) in [5, 5.41) is 3.57. The fraction of sp³-hybridized carbons (Fsp3) is 0. The predicted octanol–water partition coefficient (Wildman–Crippen LogP) is 3.40. The average Bonchev–Trinajstić information content (AvgIpc) is 2.48. The molecule has 0 fully saturated rings. The van der Waals surface area contributed by atoms with Crippen LogP contribution in [-0.2, 0) is 0 Å². The van der Waals surface area contributed by atoms with Crippen LogP contribution in [0.3, 0.4) is 0 Å². The van der Waals surface area contributed by atoms with Crippen LogP contribution in [-0.4, -0.2) is 15.0 Å². The summed E-state index contributed by atoms with van der Waals surface area (Å²) in [7, 11) is 0. The number of halogens is 1. The van der Waals surface area contributed by atoms with Crippen molar-refractivity contribution in [3.8, 4) is 12.3 Å². The van der Waals surface area contributed by atoms with Crippen molar-refractivity contribution < 1.29 is 0 Å². The lowest BCUT2D eigenvalue weighted by molar-refractivity contribution is 1.19. The number of benzene rings is 1. The van der Waals surface area contributed by atoms with Crippen molar-refractivity contribution in [2.45, 2.75) is 0 Å². The monoisotopic (exact) mass is 280 g/mol. The third-order valence-electron chi connectivity index (χ3n) is 2.78. The van der Waals surface area contributed by atoms with E-state index in [1.165, 1.54) is 6.33 Å². The number of terminal acetylenes is 1. The number of aromatic nitrogens is 3. The second-order valence-corrected chi connectivity index (χ2v) is 4.43. The number of pyridine rings is 1. The number of para-hydroxylation sites is 1. The van der Waals surface area contributed by atoms with Gasteiger partial charge in [0.05, 0.1) is 11.2 Å². The number of hydrogen-bond donors (Lipinski definition) is 1. The van der Waals surface area contributed by atoms with Gasteiger partial charge in [0.15, 0.2) is 5.82 Å². The summed E-state index contributed by atoms with van der Waals surface area (Å²) in [5.74, 6) is 3.19. The summed E-state index contributed by atoms with van der Waals surface area (Å²) in [4.78, 5) is 12.6. The first kappa shape index (κ1) is 12.4. The van der Waals surface area contributed by atoms with Gasteiger partial charge in [-0.15, -0.1) is 6.42 Å². The second-order valence-electron chi connectivity index (χ2n) is 4.04. The number of hydrogen-bond acceptors (Lipinski definition) is 4. The Labute approximate surface area is 120 Å². The smallest absolute Gasteiger partial charge is 0.160 e. The van der Waals surface area contributed by atoms with Crippen molar-refractivity contribution >= 4 is 34.1 Å². The fourth-order valence-electron chi connectivity index (χ4n) is 1.85. The van der Waals surface area contributed by atoms with E-state index in [4.69, 9.17) is 18.0 Å². The molecule has 0 amide bonds. The van der Waals surface area contributed by atoms with Crippen LogP contribution < -0.4 is 5.32 Å². The van der Waals surface area contributed by atoms with E-state index < -0.39 is 0 Å². The maximum atomic E-state index is 5.93. The van der Waals surface area contributed by atoms with Crippen molar-refractivity contribution in [2.24, 2.45) is 0 Å². The Morgan fingerprint density at radius 3 is 2.80 bits per heavy atom. The van der Waals surface area contributed by atoms with E-state index in [0.717, 1.165) is 11.3 Å². The first-order valence-electron chi connectivity index (χ1n) is 5.88. The highest BCUT2D eigenvalue weighted by Crippen LogP contribution is 2.24. The molecule has 0 unspecified atom stereocenters. The fourth-order valence-corrected chi connectivity index (χ4v) is 2.00. The van der Waals surface area contributed by atoms with E-state index in [-0.39, 0.29) is 0 Å². The number of fused-ring (bicyclic) bond motifs is 1. The Balaban J connectivity index is 2.11.